The van der Waals surface area contributed by atoms with Crippen LogP contribution in [0.3, 0.4) is 0 Å². The Morgan fingerprint density at radius 3 is 2.65 bits per heavy atom. The van der Waals surface area contributed by atoms with E-state index in [4.69, 9.17) is 0 Å². The summed E-state index contributed by atoms with van der Waals surface area (Å²) in [7, 11) is 0. The van der Waals surface area contributed by atoms with Crippen LogP contribution in [0.1, 0.15) is 30.3 Å². The fourth-order valence-electron chi connectivity index (χ4n) is 2.19. The highest BCUT2D eigenvalue weighted by atomic mass is 32.1. The number of carbonyl (C=O) groups excluding carboxylic acids is 1. The predicted octanol–water partition coefficient (Wildman–Crippen LogP) is 1.94. The number of rotatable bonds is 4. The molecular weight excluding hydrogens is 274 g/mol. The van der Waals surface area contributed by atoms with Crippen LogP contribution in [0.5, 0.6) is 0 Å². The van der Waals surface area contributed by atoms with E-state index < -0.39 is 12.0 Å². The van der Waals surface area contributed by atoms with Gasteiger partial charge in [0.1, 0.15) is 11.1 Å². The molecule has 0 aliphatic heterocycles. The van der Waals surface area contributed by atoms with Gasteiger partial charge >= 0.3 is 0 Å². The number of aliphatic hydroxyl groups excluding tert-OH is 1. The lowest BCUT2D eigenvalue weighted by Crippen LogP contribution is -2.24. The van der Waals surface area contributed by atoms with Gasteiger partial charge in [0, 0.05) is 5.41 Å². The smallest absolute Gasteiger partial charge is 0.254 e. The largest absolute Gasteiger partial charge is 0.384 e. The van der Waals surface area contributed by atoms with E-state index in [2.05, 4.69) is 27.6 Å². The number of hydrogen-bond donors (Lipinski definition) is 2. The van der Waals surface area contributed by atoms with E-state index in [1.807, 2.05) is 18.2 Å². The Bertz CT molecular complexity index is 620. The third kappa shape index (κ3) is 2.32. The van der Waals surface area contributed by atoms with Crippen LogP contribution >= 0.6 is 11.3 Å². The number of nitrogens with one attached hydrogen (secondary N) is 1. The average molecular weight is 289 g/mol. The van der Waals surface area contributed by atoms with Gasteiger partial charge in [0.05, 0.1) is 0 Å². The van der Waals surface area contributed by atoms with Crippen LogP contribution < -0.4 is 5.32 Å². The summed E-state index contributed by atoms with van der Waals surface area (Å²) in [4.78, 5) is 11.4. The second-order valence-electron chi connectivity index (χ2n) is 5.03. The summed E-state index contributed by atoms with van der Waals surface area (Å²) in [6.45, 7) is 1.42. The Labute approximate surface area is 120 Å². The number of anilines is 1. The zero-order valence-corrected chi connectivity index (χ0v) is 11.9. The number of benzene rings is 1. The molecule has 1 amide bonds. The Morgan fingerprint density at radius 1 is 1.35 bits per heavy atom. The summed E-state index contributed by atoms with van der Waals surface area (Å²) < 4.78 is 0. The van der Waals surface area contributed by atoms with Gasteiger partial charge in [-0.1, -0.05) is 41.7 Å². The topological polar surface area (TPSA) is 75.1 Å². The van der Waals surface area contributed by atoms with E-state index in [1.54, 1.807) is 0 Å². The normalized spacial score (nSPS) is 17.5. The van der Waals surface area contributed by atoms with Gasteiger partial charge in [-0.15, -0.1) is 10.2 Å². The van der Waals surface area contributed by atoms with Gasteiger partial charge in [0.15, 0.2) is 0 Å². The summed E-state index contributed by atoms with van der Waals surface area (Å²) >= 11 is 1.38. The van der Waals surface area contributed by atoms with Crippen LogP contribution in [0, 0.1) is 0 Å². The van der Waals surface area contributed by atoms with E-state index in [9.17, 15) is 9.90 Å². The van der Waals surface area contributed by atoms with Crippen molar-refractivity contribution in [2.45, 2.75) is 31.3 Å². The number of carbonyl (C=O) groups is 1. The monoisotopic (exact) mass is 289 g/mol. The van der Waals surface area contributed by atoms with E-state index in [-0.39, 0.29) is 5.41 Å². The van der Waals surface area contributed by atoms with Crippen molar-refractivity contribution in [1.29, 1.82) is 0 Å². The molecule has 1 aromatic carbocycles. The molecule has 1 fully saturated rings. The first kappa shape index (κ1) is 13.2. The lowest BCUT2D eigenvalue weighted by Gasteiger charge is -2.11. The molecule has 104 valence electrons. The number of aliphatic hydroxyl groups is 1. The number of nitrogens with zero attached hydrogens (tertiary/aromatic N) is 2. The van der Waals surface area contributed by atoms with Crippen LogP contribution in [0.25, 0.3) is 0 Å². The molecule has 1 aliphatic rings. The minimum atomic E-state index is -1.05. The standard InChI is InChI=1S/C14H15N3O2S/c1-9(18)11(19)15-13-17-16-12(20-13)14(7-8-14)10-5-3-2-4-6-10/h2-6,9,18H,7-8H2,1H3,(H,15,17,19)/t9-/m1/s1. The van der Waals surface area contributed by atoms with E-state index in [1.165, 1.54) is 23.8 Å². The Morgan fingerprint density at radius 2 is 2.05 bits per heavy atom. The summed E-state index contributed by atoms with van der Waals surface area (Å²) in [5.74, 6) is -0.461. The Hall–Kier alpha value is -1.79. The first-order valence-corrected chi connectivity index (χ1v) is 7.32. The highest BCUT2D eigenvalue weighted by Gasteiger charge is 2.48. The Balaban J connectivity index is 1.82. The number of amides is 1. The molecular formula is C14H15N3O2S. The summed E-state index contributed by atoms with van der Waals surface area (Å²) in [5.41, 5.74) is 1.21. The third-order valence-corrected chi connectivity index (χ3v) is 4.56. The molecule has 1 heterocycles. The second kappa shape index (κ2) is 4.96. The van der Waals surface area contributed by atoms with Gasteiger partial charge in [-0.3, -0.25) is 10.1 Å². The molecule has 0 radical (unpaired) electrons. The highest BCUT2D eigenvalue weighted by Crippen LogP contribution is 2.54. The van der Waals surface area contributed by atoms with Gasteiger partial charge in [-0.05, 0) is 25.3 Å². The molecule has 2 aromatic rings. The van der Waals surface area contributed by atoms with Crippen molar-refractivity contribution < 1.29 is 9.90 Å². The van der Waals surface area contributed by atoms with Crippen molar-refractivity contribution in [2.75, 3.05) is 5.32 Å². The first-order chi connectivity index (χ1) is 9.62. The molecule has 2 N–H and O–H groups in total. The van der Waals surface area contributed by atoms with Crippen molar-refractivity contribution in [2.24, 2.45) is 0 Å². The van der Waals surface area contributed by atoms with E-state index >= 15 is 0 Å². The van der Waals surface area contributed by atoms with E-state index in [0.717, 1.165) is 17.8 Å². The minimum absolute atomic E-state index is 0.0350. The van der Waals surface area contributed by atoms with Crippen LogP contribution in [0.15, 0.2) is 30.3 Å². The molecule has 0 bridgehead atoms. The maximum Gasteiger partial charge on any atom is 0.254 e. The van der Waals surface area contributed by atoms with Crippen molar-refractivity contribution in [3.8, 4) is 0 Å². The van der Waals surface area contributed by atoms with Gasteiger partial charge in [-0.2, -0.15) is 0 Å². The molecule has 20 heavy (non-hydrogen) atoms. The third-order valence-electron chi connectivity index (χ3n) is 3.52. The van der Waals surface area contributed by atoms with Crippen LogP contribution in [-0.2, 0) is 10.2 Å². The SMILES string of the molecule is C[C@@H](O)C(=O)Nc1nnc(C2(c3ccccc3)CC2)s1. The van der Waals surface area contributed by atoms with Crippen molar-refractivity contribution in [1.82, 2.24) is 10.2 Å². The van der Waals surface area contributed by atoms with Crippen LogP contribution in [-0.4, -0.2) is 27.3 Å². The Kier molecular flexibility index (Phi) is 3.27. The molecule has 1 atom stereocenters. The molecule has 1 aliphatic carbocycles. The average Bonchev–Trinajstić information content (AvgIpc) is 3.14. The molecule has 0 saturated heterocycles. The fraction of sp³-hybridized carbons (Fsp3) is 0.357. The lowest BCUT2D eigenvalue weighted by atomic mass is 9.97. The lowest BCUT2D eigenvalue weighted by molar-refractivity contribution is -0.123. The molecule has 0 spiro atoms. The molecule has 0 unspecified atom stereocenters. The maximum atomic E-state index is 11.4. The maximum absolute atomic E-state index is 11.4. The van der Waals surface area contributed by atoms with Gasteiger partial charge < -0.3 is 5.11 Å². The van der Waals surface area contributed by atoms with E-state index in [0.29, 0.717) is 5.13 Å². The summed E-state index contributed by atoms with van der Waals surface area (Å²) in [6, 6.07) is 10.2. The zero-order valence-electron chi connectivity index (χ0n) is 11.0. The zero-order chi connectivity index (χ0) is 14.2. The quantitative estimate of drug-likeness (QED) is 0.902. The molecule has 1 saturated carbocycles. The fourth-order valence-corrected chi connectivity index (χ4v) is 3.20. The molecule has 5 nitrogen and oxygen atoms in total. The van der Waals surface area contributed by atoms with Crippen molar-refractivity contribution in [3.05, 3.63) is 40.9 Å². The first-order valence-electron chi connectivity index (χ1n) is 6.50. The second-order valence-corrected chi connectivity index (χ2v) is 6.00. The van der Waals surface area contributed by atoms with Gasteiger partial charge in [0.2, 0.25) is 5.13 Å². The molecule has 3 rings (SSSR count). The van der Waals surface area contributed by atoms with Crippen molar-refractivity contribution in [3.63, 3.8) is 0 Å². The molecule has 6 heteroatoms. The minimum Gasteiger partial charge on any atom is -0.384 e. The molecule has 1 aromatic heterocycles. The highest BCUT2D eigenvalue weighted by molar-refractivity contribution is 7.15. The van der Waals surface area contributed by atoms with Gasteiger partial charge in [0.25, 0.3) is 5.91 Å². The van der Waals surface area contributed by atoms with Crippen molar-refractivity contribution >= 4 is 22.4 Å². The predicted molar refractivity (Wildman–Crippen MR) is 76.7 cm³/mol. The summed E-state index contributed by atoms with van der Waals surface area (Å²) in [6.07, 6.45) is 1.05. The summed E-state index contributed by atoms with van der Waals surface area (Å²) in [5, 5.41) is 21.3. The number of aromatic nitrogens is 2. The van der Waals surface area contributed by atoms with Gasteiger partial charge in [-0.25, -0.2) is 0 Å². The van der Waals surface area contributed by atoms with Crippen LogP contribution in [0.4, 0.5) is 5.13 Å². The number of hydrogen-bond acceptors (Lipinski definition) is 5. The van der Waals surface area contributed by atoms with Crippen LogP contribution in [0.2, 0.25) is 0 Å².